The molecule has 1 amide bonds. The molecule has 1 atom stereocenters. The topological polar surface area (TPSA) is 72.5 Å². The highest BCUT2D eigenvalue weighted by Crippen LogP contribution is 2.22. The summed E-state index contributed by atoms with van der Waals surface area (Å²) in [6, 6.07) is 6.15. The summed E-state index contributed by atoms with van der Waals surface area (Å²) in [5.41, 5.74) is 0.909. The molecule has 0 fully saturated rings. The highest BCUT2D eigenvalue weighted by atomic mass is 35.5. The van der Waals surface area contributed by atoms with Crippen LogP contribution in [0.4, 0.5) is 4.79 Å². The molecule has 0 radical (unpaired) electrons. The predicted octanol–water partition coefficient (Wildman–Crippen LogP) is 2.64. The number of aryl methyl sites for hydroxylation is 1. The van der Waals surface area contributed by atoms with Crippen molar-refractivity contribution in [3.63, 3.8) is 0 Å². The van der Waals surface area contributed by atoms with Gasteiger partial charge in [0.2, 0.25) is 9.84 Å². The molecule has 112 valence electrons. The van der Waals surface area contributed by atoms with Crippen molar-refractivity contribution in [3.8, 4) is 0 Å². The van der Waals surface area contributed by atoms with E-state index in [2.05, 4.69) is 10.1 Å². The number of benzene rings is 1. The van der Waals surface area contributed by atoms with E-state index in [1.54, 1.807) is 19.1 Å². The number of alkyl carbamates (subject to hydrolysis) is 1. The first-order chi connectivity index (χ1) is 9.28. The fraction of sp³-hybridized carbons (Fsp3) is 0.417. The molecule has 0 aliphatic heterocycles. The third-order valence-electron chi connectivity index (χ3n) is 2.45. The van der Waals surface area contributed by atoms with Gasteiger partial charge in [-0.25, -0.2) is 13.2 Å². The molecule has 1 N–H and O–H groups in total. The van der Waals surface area contributed by atoms with E-state index in [1.165, 1.54) is 12.1 Å². The maximum atomic E-state index is 12.4. The molecular formula is C12H15Cl2NO4S. The summed E-state index contributed by atoms with van der Waals surface area (Å²) in [5.74, 6) is 0. The quantitative estimate of drug-likeness (QED) is 0.837. The van der Waals surface area contributed by atoms with Gasteiger partial charge in [0.05, 0.1) is 11.5 Å². The van der Waals surface area contributed by atoms with E-state index in [1.807, 2.05) is 6.92 Å². The summed E-state index contributed by atoms with van der Waals surface area (Å²) in [7, 11) is -3.91. The molecular weight excluding hydrogens is 325 g/mol. The van der Waals surface area contributed by atoms with E-state index < -0.39 is 26.1 Å². The van der Waals surface area contributed by atoms with Crippen LogP contribution in [0.5, 0.6) is 0 Å². The molecule has 1 aromatic carbocycles. The van der Waals surface area contributed by atoms with Gasteiger partial charge in [0, 0.05) is 0 Å². The van der Waals surface area contributed by atoms with Crippen LogP contribution in [0.2, 0.25) is 0 Å². The lowest BCUT2D eigenvalue weighted by atomic mass is 10.2. The fourth-order valence-electron chi connectivity index (χ4n) is 1.44. The normalized spacial score (nSPS) is 13.1. The molecule has 5 nitrogen and oxygen atoms in total. The second kappa shape index (κ2) is 7.15. The first-order valence-corrected chi connectivity index (χ1v) is 8.23. The van der Waals surface area contributed by atoms with Gasteiger partial charge in [-0.3, -0.25) is 0 Å². The molecule has 0 bridgehead atoms. The van der Waals surface area contributed by atoms with Crippen LogP contribution in [0, 0.1) is 6.92 Å². The van der Waals surface area contributed by atoms with Crippen molar-refractivity contribution < 1.29 is 17.9 Å². The average molecular weight is 340 g/mol. The standard InChI is InChI=1S/C12H15Cl2NO4S/c1-3-19-12(16)15-11(10(13)14)20(17,18)9-6-4-8(2)5-7-9/h4-7,10-11H,3H2,1-2H3,(H,15,16)/t11-/m1/s1. The van der Waals surface area contributed by atoms with Gasteiger partial charge in [-0.2, -0.15) is 0 Å². The number of sulfone groups is 1. The van der Waals surface area contributed by atoms with Crippen molar-refractivity contribution in [1.82, 2.24) is 5.32 Å². The van der Waals surface area contributed by atoms with Crippen molar-refractivity contribution in [3.05, 3.63) is 29.8 Å². The summed E-state index contributed by atoms with van der Waals surface area (Å²) in [6.45, 7) is 3.54. The first kappa shape index (κ1) is 17.1. The van der Waals surface area contributed by atoms with Crippen molar-refractivity contribution in [1.29, 1.82) is 0 Å². The molecule has 0 aliphatic carbocycles. The Balaban J connectivity index is 3.06. The minimum absolute atomic E-state index is 0.0243. The Morgan fingerprint density at radius 2 is 1.85 bits per heavy atom. The van der Waals surface area contributed by atoms with Crippen molar-refractivity contribution in [2.24, 2.45) is 0 Å². The van der Waals surface area contributed by atoms with Crippen LogP contribution in [0.1, 0.15) is 12.5 Å². The number of carbonyl (C=O) groups excluding carboxylic acids is 1. The number of ether oxygens (including phenoxy) is 1. The predicted molar refractivity (Wildman–Crippen MR) is 77.8 cm³/mol. The number of nitrogens with one attached hydrogen (secondary N) is 1. The van der Waals surface area contributed by atoms with Gasteiger partial charge >= 0.3 is 6.09 Å². The van der Waals surface area contributed by atoms with Crippen LogP contribution in [0.15, 0.2) is 29.2 Å². The molecule has 0 spiro atoms. The second-order valence-corrected chi connectivity index (χ2v) is 7.21. The molecule has 0 unspecified atom stereocenters. The van der Waals surface area contributed by atoms with Crippen LogP contribution in [0.25, 0.3) is 0 Å². The zero-order valence-electron chi connectivity index (χ0n) is 11.0. The summed E-state index contributed by atoms with van der Waals surface area (Å²) < 4.78 is 29.4. The summed E-state index contributed by atoms with van der Waals surface area (Å²) in [4.78, 5) is 10.1. The maximum Gasteiger partial charge on any atom is 0.408 e. The van der Waals surface area contributed by atoms with Gasteiger partial charge in [-0.1, -0.05) is 17.7 Å². The number of alkyl halides is 2. The van der Waals surface area contributed by atoms with Crippen LogP contribution in [0.3, 0.4) is 0 Å². The van der Waals surface area contributed by atoms with Gasteiger partial charge in [-0.05, 0) is 26.0 Å². The Hall–Kier alpha value is -0.980. The van der Waals surface area contributed by atoms with E-state index >= 15 is 0 Å². The maximum absolute atomic E-state index is 12.4. The van der Waals surface area contributed by atoms with Gasteiger partial charge in [-0.15, -0.1) is 23.2 Å². The number of amides is 1. The third-order valence-corrected chi connectivity index (χ3v) is 5.24. The minimum atomic E-state index is -3.91. The molecule has 0 saturated carbocycles. The van der Waals surface area contributed by atoms with Gasteiger partial charge < -0.3 is 10.1 Å². The van der Waals surface area contributed by atoms with Gasteiger partial charge in [0.25, 0.3) is 0 Å². The highest BCUT2D eigenvalue weighted by molar-refractivity contribution is 7.92. The first-order valence-electron chi connectivity index (χ1n) is 5.81. The van der Waals surface area contributed by atoms with Crippen molar-refractivity contribution in [2.45, 2.75) is 29.0 Å². The Bertz CT molecular complexity index is 557. The lowest BCUT2D eigenvalue weighted by Gasteiger charge is -2.19. The third kappa shape index (κ3) is 4.26. The van der Waals surface area contributed by atoms with E-state index in [9.17, 15) is 13.2 Å². The molecule has 0 saturated heterocycles. The smallest absolute Gasteiger partial charge is 0.408 e. The summed E-state index contributed by atoms with van der Waals surface area (Å²) in [5, 5.41) is 0.679. The zero-order valence-corrected chi connectivity index (χ0v) is 13.3. The minimum Gasteiger partial charge on any atom is -0.450 e. The van der Waals surface area contributed by atoms with Crippen LogP contribution in [-0.4, -0.2) is 31.3 Å². The van der Waals surface area contributed by atoms with Gasteiger partial charge in [0.1, 0.15) is 4.84 Å². The Labute approximate surface area is 128 Å². The van der Waals surface area contributed by atoms with Crippen LogP contribution in [-0.2, 0) is 14.6 Å². The number of halogens is 2. The molecule has 1 rings (SSSR count). The second-order valence-electron chi connectivity index (χ2n) is 3.98. The Morgan fingerprint density at radius 3 is 2.30 bits per heavy atom. The number of hydrogen-bond acceptors (Lipinski definition) is 4. The molecule has 8 heteroatoms. The number of hydrogen-bond donors (Lipinski definition) is 1. The molecule has 0 heterocycles. The molecule has 20 heavy (non-hydrogen) atoms. The SMILES string of the molecule is CCOC(=O)N[C@@H](C(Cl)Cl)S(=O)(=O)c1ccc(C)cc1. The van der Waals surface area contributed by atoms with Crippen LogP contribution >= 0.6 is 23.2 Å². The zero-order chi connectivity index (χ0) is 15.3. The fourth-order valence-corrected chi connectivity index (χ4v) is 3.71. The summed E-state index contributed by atoms with van der Waals surface area (Å²) >= 11 is 11.3. The lowest BCUT2D eigenvalue weighted by molar-refractivity contribution is 0.151. The molecule has 0 aliphatic rings. The molecule has 1 aromatic rings. The Morgan fingerprint density at radius 1 is 1.30 bits per heavy atom. The van der Waals surface area contributed by atoms with Crippen molar-refractivity contribution in [2.75, 3.05) is 6.61 Å². The Kier molecular flexibility index (Phi) is 6.10. The molecule has 0 aromatic heterocycles. The average Bonchev–Trinajstić information content (AvgIpc) is 2.36. The monoisotopic (exact) mass is 339 g/mol. The van der Waals surface area contributed by atoms with E-state index in [4.69, 9.17) is 23.2 Å². The van der Waals surface area contributed by atoms with E-state index in [-0.39, 0.29) is 11.5 Å². The largest absolute Gasteiger partial charge is 0.450 e. The number of rotatable bonds is 5. The van der Waals surface area contributed by atoms with E-state index in [0.29, 0.717) is 0 Å². The van der Waals surface area contributed by atoms with Crippen LogP contribution < -0.4 is 5.32 Å². The highest BCUT2D eigenvalue weighted by Gasteiger charge is 2.34. The lowest BCUT2D eigenvalue weighted by Crippen LogP contribution is -2.45. The van der Waals surface area contributed by atoms with Crippen molar-refractivity contribution >= 4 is 39.1 Å². The van der Waals surface area contributed by atoms with Gasteiger partial charge in [0.15, 0.2) is 5.37 Å². The summed E-state index contributed by atoms with van der Waals surface area (Å²) in [6.07, 6.45) is -0.889. The number of carbonyl (C=O) groups is 1. The van der Waals surface area contributed by atoms with E-state index in [0.717, 1.165) is 5.56 Å².